The van der Waals surface area contributed by atoms with Crippen molar-refractivity contribution >= 4 is 5.69 Å². The smallest absolute Gasteiger partial charge is 0.363 e. The number of hydrogen-bond acceptors (Lipinski definition) is 6. The molecule has 5 rings (SSSR count). The Morgan fingerprint density at radius 3 is 2.23 bits per heavy atom. The van der Waals surface area contributed by atoms with Crippen molar-refractivity contribution in [3.05, 3.63) is 127 Å². The van der Waals surface area contributed by atoms with E-state index in [4.69, 9.17) is 5.73 Å². The molecule has 0 unspecified atom stereocenters. The third-order valence-electron chi connectivity index (χ3n) is 8.07. The summed E-state index contributed by atoms with van der Waals surface area (Å²) < 4.78 is 58.5. The molecule has 12 heteroatoms. The van der Waals surface area contributed by atoms with E-state index in [1.54, 1.807) is 30.3 Å². The highest BCUT2D eigenvalue weighted by atomic mass is 19.4. The van der Waals surface area contributed by atoms with Crippen molar-refractivity contribution < 1.29 is 17.6 Å². The summed E-state index contributed by atoms with van der Waals surface area (Å²) in [6.45, 7) is 5.25. The molecule has 8 nitrogen and oxygen atoms in total. The van der Waals surface area contributed by atoms with E-state index in [0.717, 1.165) is 38.6 Å². The predicted octanol–water partition coefficient (Wildman–Crippen LogP) is 4.25. The van der Waals surface area contributed by atoms with Crippen molar-refractivity contribution in [1.82, 2.24) is 19.0 Å². The van der Waals surface area contributed by atoms with E-state index in [1.807, 2.05) is 30.2 Å². The molecule has 2 aromatic heterocycles. The van der Waals surface area contributed by atoms with Gasteiger partial charge in [-0.15, -0.1) is 0 Å². The fourth-order valence-corrected chi connectivity index (χ4v) is 5.62. The van der Waals surface area contributed by atoms with Gasteiger partial charge >= 0.3 is 11.9 Å². The van der Waals surface area contributed by atoms with Gasteiger partial charge in [-0.05, 0) is 43.2 Å². The second-order valence-electron chi connectivity index (χ2n) is 11.1. The molecule has 44 heavy (non-hydrogen) atoms. The molecule has 1 saturated heterocycles. The van der Waals surface area contributed by atoms with Crippen molar-refractivity contribution in [2.45, 2.75) is 45.7 Å². The Balaban J connectivity index is 1.53. The largest absolute Gasteiger partial charge is 0.416 e. The van der Waals surface area contributed by atoms with E-state index < -0.39 is 47.0 Å². The van der Waals surface area contributed by atoms with Gasteiger partial charge in [0.1, 0.15) is 11.5 Å². The van der Waals surface area contributed by atoms with Crippen LogP contribution in [-0.2, 0) is 25.8 Å². The van der Waals surface area contributed by atoms with Gasteiger partial charge in [0.2, 0.25) is 0 Å². The third-order valence-corrected chi connectivity index (χ3v) is 8.07. The van der Waals surface area contributed by atoms with Crippen LogP contribution in [-0.4, -0.2) is 45.2 Å². The van der Waals surface area contributed by atoms with Gasteiger partial charge < -0.3 is 10.6 Å². The summed E-state index contributed by atoms with van der Waals surface area (Å²) in [5.41, 5.74) is 6.11. The molecule has 1 aliphatic rings. The van der Waals surface area contributed by atoms with Crippen molar-refractivity contribution in [2.75, 3.05) is 31.1 Å². The van der Waals surface area contributed by atoms with E-state index in [0.29, 0.717) is 38.3 Å². The van der Waals surface area contributed by atoms with Crippen LogP contribution < -0.4 is 21.9 Å². The van der Waals surface area contributed by atoms with Gasteiger partial charge in [-0.2, -0.15) is 13.2 Å². The van der Waals surface area contributed by atoms with E-state index in [1.165, 1.54) is 6.92 Å². The van der Waals surface area contributed by atoms with Crippen molar-refractivity contribution in [2.24, 2.45) is 5.73 Å². The molecular formula is C32H34F4N6O2. The maximum atomic E-state index is 14.9. The van der Waals surface area contributed by atoms with Crippen LogP contribution in [0.3, 0.4) is 0 Å². The highest BCUT2D eigenvalue weighted by Gasteiger charge is 2.35. The summed E-state index contributed by atoms with van der Waals surface area (Å²) in [5, 5.41) is 0. The summed E-state index contributed by atoms with van der Waals surface area (Å²) in [5.74, 6) is -1.09. The number of piperazine rings is 1. The highest BCUT2D eigenvalue weighted by molar-refractivity contribution is 5.50. The first kappa shape index (κ1) is 31.1. The Bertz CT molecular complexity index is 1730. The quantitative estimate of drug-likeness (QED) is 0.300. The molecule has 0 aliphatic carbocycles. The zero-order valence-corrected chi connectivity index (χ0v) is 24.5. The SMILES string of the molecule is Cc1ccc(CN2CCN(c3c(C)n(Cc4c(F)cccc4C(F)(F)F)c(=O)n(C[C@H](N)c4ccccc4)c3=O)CC2)cn1. The van der Waals surface area contributed by atoms with E-state index in [2.05, 4.69) is 9.88 Å². The number of benzene rings is 2. The number of anilines is 1. The van der Waals surface area contributed by atoms with Crippen LogP contribution in [0.1, 0.15) is 39.7 Å². The van der Waals surface area contributed by atoms with Crippen molar-refractivity contribution in [3.63, 3.8) is 0 Å². The molecule has 2 N–H and O–H groups in total. The first-order valence-electron chi connectivity index (χ1n) is 14.3. The lowest BCUT2D eigenvalue weighted by atomic mass is 10.1. The zero-order chi connectivity index (χ0) is 31.6. The maximum Gasteiger partial charge on any atom is 0.416 e. The number of rotatable bonds is 8. The molecule has 1 fully saturated rings. The van der Waals surface area contributed by atoms with Crippen LogP contribution in [0.25, 0.3) is 0 Å². The molecule has 0 spiro atoms. The molecule has 4 aromatic rings. The van der Waals surface area contributed by atoms with Gasteiger partial charge in [0.15, 0.2) is 0 Å². The molecule has 1 atom stereocenters. The summed E-state index contributed by atoms with van der Waals surface area (Å²) in [7, 11) is 0. The molecule has 2 aromatic carbocycles. The molecule has 232 valence electrons. The lowest BCUT2D eigenvalue weighted by Gasteiger charge is -2.37. The van der Waals surface area contributed by atoms with Crippen LogP contribution in [0.15, 0.2) is 76.4 Å². The first-order chi connectivity index (χ1) is 20.9. The second kappa shape index (κ2) is 12.7. The molecule has 0 saturated carbocycles. The Morgan fingerprint density at radius 1 is 0.886 bits per heavy atom. The monoisotopic (exact) mass is 610 g/mol. The molecule has 0 bridgehead atoms. The lowest BCUT2D eigenvalue weighted by Crippen LogP contribution is -2.51. The Labute approximate surface area is 252 Å². The Morgan fingerprint density at radius 2 is 1.59 bits per heavy atom. The van der Waals surface area contributed by atoms with Crippen LogP contribution in [0.5, 0.6) is 0 Å². The summed E-state index contributed by atoms with van der Waals surface area (Å²) in [6.07, 6.45) is -3.01. The minimum absolute atomic E-state index is 0.164. The fourth-order valence-electron chi connectivity index (χ4n) is 5.62. The normalized spacial score (nSPS) is 15.0. The summed E-state index contributed by atoms with van der Waals surface area (Å²) in [6, 6.07) is 14.8. The van der Waals surface area contributed by atoms with Crippen molar-refractivity contribution in [3.8, 4) is 0 Å². The van der Waals surface area contributed by atoms with Gasteiger partial charge in [0.05, 0.1) is 18.7 Å². The van der Waals surface area contributed by atoms with Gasteiger partial charge in [-0.3, -0.25) is 23.8 Å². The number of pyridine rings is 1. The zero-order valence-electron chi connectivity index (χ0n) is 24.5. The summed E-state index contributed by atoms with van der Waals surface area (Å²) >= 11 is 0. The topological polar surface area (TPSA) is 89.4 Å². The summed E-state index contributed by atoms with van der Waals surface area (Å²) in [4.78, 5) is 36.2. The highest BCUT2D eigenvalue weighted by Crippen LogP contribution is 2.33. The number of nitrogens with two attached hydrogens (primary N) is 1. The molecule has 0 radical (unpaired) electrons. The average Bonchev–Trinajstić information content (AvgIpc) is 3.00. The minimum Gasteiger partial charge on any atom is -0.363 e. The van der Waals surface area contributed by atoms with Crippen LogP contribution in [0.2, 0.25) is 0 Å². The predicted molar refractivity (Wildman–Crippen MR) is 160 cm³/mol. The fraction of sp³-hybridized carbons (Fsp3) is 0.344. The van der Waals surface area contributed by atoms with Gasteiger partial charge in [-0.1, -0.05) is 42.5 Å². The molecule has 3 heterocycles. The number of halogens is 4. The van der Waals surface area contributed by atoms with Crippen LogP contribution in [0, 0.1) is 19.7 Å². The first-order valence-corrected chi connectivity index (χ1v) is 14.3. The number of hydrogen-bond donors (Lipinski definition) is 1. The third kappa shape index (κ3) is 6.61. The van der Waals surface area contributed by atoms with Crippen molar-refractivity contribution in [1.29, 1.82) is 0 Å². The molecule has 0 amide bonds. The van der Waals surface area contributed by atoms with Crippen LogP contribution >= 0.6 is 0 Å². The average molecular weight is 611 g/mol. The standard InChI is InChI=1S/C32H34F4N6O2/c1-21-11-12-23(17-38-21)18-39-13-15-40(16-14-39)29-22(2)41(19-25-26(32(34,35)36)9-6-10-27(25)33)31(44)42(30(29)43)20-28(37)24-7-4-3-5-8-24/h3-12,17,28H,13-16,18-20,37H2,1-2H3/t28-/m0/s1. The van der Waals surface area contributed by atoms with E-state index in [9.17, 15) is 27.2 Å². The number of alkyl halides is 3. The number of aryl methyl sites for hydroxylation is 1. The van der Waals surface area contributed by atoms with Gasteiger partial charge in [0, 0.05) is 61.9 Å². The van der Waals surface area contributed by atoms with Crippen LogP contribution in [0.4, 0.5) is 23.2 Å². The minimum atomic E-state index is -4.84. The van der Waals surface area contributed by atoms with Gasteiger partial charge in [-0.25, -0.2) is 9.18 Å². The van der Waals surface area contributed by atoms with E-state index >= 15 is 0 Å². The van der Waals surface area contributed by atoms with Gasteiger partial charge in [0.25, 0.3) is 5.56 Å². The lowest BCUT2D eigenvalue weighted by molar-refractivity contribution is -0.138. The Hall–Kier alpha value is -4.29. The maximum absolute atomic E-state index is 14.9. The number of nitrogens with zero attached hydrogens (tertiary/aromatic N) is 5. The molecule has 1 aliphatic heterocycles. The number of aromatic nitrogens is 3. The van der Waals surface area contributed by atoms with E-state index in [-0.39, 0.29) is 17.9 Å². The second-order valence-corrected chi connectivity index (χ2v) is 11.1. The molecular weight excluding hydrogens is 576 g/mol. The Kier molecular flexibility index (Phi) is 9.02.